The summed E-state index contributed by atoms with van der Waals surface area (Å²) in [6.07, 6.45) is 3.08. The van der Waals surface area contributed by atoms with Crippen molar-refractivity contribution in [3.8, 4) is 0 Å². The predicted octanol–water partition coefficient (Wildman–Crippen LogP) is 3.54. The third kappa shape index (κ3) is 3.74. The monoisotopic (exact) mass is 318 g/mol. The Hall–Kier alpha value is -2.14. The maximum Gasteiger partial charge on any atom is 0.258 e. The Morgan fingerprint density at radius 3 is 2.45 bits per heavy atom. The van der Waals surface area contributed by atoms with Gasteiger partial charge in [0.1, 0.15) is 0 Å². The van der Waals surface area contributed by atoms with Gasteiger partial charge in [0.15, 0.2) is 0 Å². The number of amides is 1. The van der Waals surface area contributed by atoms with E-state index in [9.17, 15) is 4.79 Å². The summed E-state index contributed by atoms with van der Waals surface area (Å²) in [5.41, 5.74) is 2.04. The minimum atomic E-state index is -0.253. The molecule has 116 valence electrons. The zero-order valence-corrected chi connectivity index (χ0v) is 13.7. The first-order chi connectivity index (χ1) is 10.5. The van der Waals surface area contributed by atoms with Gasteiger partial charge in [-0.25, -0.2) is 9.97 Å². The molecule has 0 atom stereocenters. The lowest BCUT2D eigenvalue weighted by Gasteiger charge is -2.18. The number of carbonyl (C=O) groups is 1. The number of rotatable bonds is 5. The smallest absolute Gasteiger partial charge is 0.258 e. The van der Waals surface area contributed by atoms with Crippen LogP contribution in [0.1, 0.15) is 29.8 Å². The van der Waals surface area contributed by atoms with Gasteiger partial charge >= 0.3 is 0 Å². The van der Waals surface area contributed by atoms with E-state index in [-0.39, 0.29) is 5.91 Å². The van der Waals surface area contributed by atoms with Crippen LogP contribution in [-0.2, 0) is 0 Å². The number of aromatic nitrogens is 2. The van der Waals surface area contributed by atoms with Crippen LogP contribution >= 0.6 is 11.6 Å². The van der Waals surface area contributed by atoms with Crippen LogP contribution in [0, 0.1) is 6.92 Å². The number of hydrogen-bond acceptors (Lipinski definition) is 4. The number of nitrogens with one attached hydrogen (secondary N) is 1. The number of benzene rings is 1. The molecule has 0 bridgehead atoms. The highest BCUT2D eigenvalue weighted by Gasteiger charge is 2.11. The maximum absolute atomic E-state index is 12.3. The highest BCUT2D eigenvalue weighted by molar-refractivity contribution is 6.31. The first kappa shape index (κ1) is 16.2. The topological polar surface area (TPSA) is 58.1 Å². The van der Waals surface area contributed by atoms with Crippen molar-refractivity contribution in [2.45, 2.75) is 20.8 Å². The first-order valence-corrected chi connectivity index (χ1v) is 7.57. The molecule has 1 amide bonds. The summed E-state index contributed by atoms with van der Waals surface area (Å²) in [6.45, 7) is 7.63. The van der Waals surface area contributed by atoms with Gasteiger partial charge in [-0.05, 0) is 38.5 Å². The van der Waals surface area contributed by atoms with E-state index in [1.54, 1.807) is 12.1 Å². The van der Waals surface area contributed by atoms with Crippen LogP contribution in [0.25, 0.3) is 0 Å². The van der Waals surface area contributed by atoms with Crippen molar-refractivity contribution in [3.05, 3.63) is 46.7 Å². The van der Waals surface area contributed by atoms with Crippen LogP contribution < -0.4 is 10.2 Å². The summed E-state index contributed by atoms with van der Waals surface area (Å²) >= 11 is 5.95. The van der Waals surface area contributed by atoms with E-state index >= 15 is 0 Å². The number of anilines is 2. The minimum Gasteiger partial charge on any atom is -0.341 e. The standard InChI is InChI=1S/C16H19ClN4O/c1-4-21(5-2)16-18-9-12(10-19-16)15(22)20-14-8-13(17)7-6-11(14)3/h6-10H,4-5H2,1-3H3,(H,20,22). The van der Waals surface area contributed by atoms with Gasteiger partial charge in [-0.3, -0.25) is 4.79 Å². The van der Waals surface area contributed by atoms with E-state index in [0.717, 1.165) is 18.7 Å². The van der Waals surface area contributed by atoms with Gasteiger partial charge in [0.05, 0.1) is 5.56 Å². The Morgan fingerprint density at radius 1 is 1.23 bits per heavy atom. The molecule has 0 unspecified atom stereocenters. The number of hydrogen-bond donors (Lipinski definition) is 1. The molecule has 1 N–H and O–H groups in total. The molecule has 0 spiro atoms. The molecule has 1 aromatic heterocycles. The molecular weight excluding hydrogens is 300 g/mol. The summed E-state index contributed by atoms with van der Waals surface area (Å²) < 4.78 is 0. The minimum absolute atomic E-state index is 0.253. The molecule has 1 heterocycles. The number of nitrogens with zero attached hydrogens (tertiary/aromatic N) is 3. The van der Waals surface area contributed by atoms with E-state index in [2.05, 4.69) is 15.3 Å². The van der Waals surface area contributed by atoms with Gasteiger partial charge in [-0.1, -0.05) is 17.7 Å². The van der Waals surface area contributed by atoms with Gasteiger partial charge in [0, 0.05) is 36.2 Å². The van der Waals surface area contributed by atoms with E-state index in [1.165, 1.54) is 12.4 Å². The lowest BCUT2D eigenvalue weighted by molar-refractivity contribution is 0.102. The molecule has 0 aliphatic heterocycles. The van der Waals surface area contributed by atoms with Crippen molar-refractivity contribution in [3.63, 3.8) is 0 Å². The molecular formula is C16H19ClN4O. The van der Waals surface area contributed by atoms with Gasteiger partial charge in [-0.2, -0.15) is 0 Å². The average Bonchev–Trinajstić information content (AvgIpc) is 2.53. The van der Waals surface area contributed by atoms with E-state index in [0.29, 0.717) is 22.2 Å². The van der Waals surface area contributed by atoms with Crippen LogP contribution in [0.5, 0.6) is 0 Å². The Kier molecular flexibility index (Phi) is 5.33. The number of aryl methyl sites for hydroxylation is 1. The molecule has 5 nitrogen and oxygen atoms in total. The van der Waals surface area contributed by atoms with Crippen LogP contribution in [0.3, 0.4) is 0 Å². The van der Waals surface area contributed by atoms with Crippen molar-refractivity contribution < 1.29 is 4.79 Å². The van der Waals surface area contributed by atoms with Crippen LogP contribution in [0.4, 0.5) is 11.6 Å². The third-order valence-electron chi connectivity index (χ3n) is 3.39. The first-order valence-electron chi connectivity index (χ1n) is 7.19. The molecule has 6 heteroatoms. The second-order valence-corrected chi connectivity index (χ2v) is 5.29. The lowest BCUT2D eigenvalue weighted by Crippen LogP contribution is -2.24. The molecule has 0 aliphatic rings. The summed E-state index contributed by atoms with van der Waals surface area (Å²) in [7, 11) is 0. The largest absolute Gasteiger partial charge is 0.341 e. The predicted molar refractivity (Wildman–Crippen MR) is 89.7 cm³/mol. The van der Waals surface area contributed by atoms with Crippen molar-refractivity contribution >= 4 is 29.1 Å². The van der Waals surface area contributed by atoms with Gasteiger partial charge in [0.25, 0.3) is 5.91 Å². The third-order valence-corrected chi connectivity index (χ3v) is 3.63. The van der Waals surface area contributed by atoms with Crippen molar-refractivity contribution in [2.75, 3.05) is 23.3 Å². The van der Waals surface area contributed by atoms with Crippen LogP contribution in [0.15, 0.2) is 30.6 Å². The maximum atomic E-state index is 12.3. The number of carbonyl (C=O) groups excluding carboxylic acids is 1. The summed E-state index contributed by atoms with van der Waals surface area (Å²) in [4.78, 5) is 22.8. The van der Waals surface area contributed by atoms with Gasteiger partial charge in [0.2, 0.25) is 5.95 Å². The Balaban J connectivity index is 2.14. The van der Waals surface area contributed by atoms with Gasteiger partial charge in [-0.15, -0.1) is 0 Å². The Morgan fingerprint density at radius 2 is 1.86 bits per heavy atom. The van der Waals surface area contributed by atoms with Crippen LogP contribution in [0.2, 0.25) is 5.02 Å². The second-order valence-electron chi connectivity index (χ2n) is 4.86. The summed E-state index contributed by atoms with van der Waals surface area (Å²) in [5.74, 6) is 0.372. The van der Waals surface area contributed by atoms with E-state index in [4.69, 9.17) is 11.6 Å². The second kappa shape index (κ2) is 7.22. The molecule has 0 radical (unpaired) electrons. The Bertz CT molecular complexity index is 654. The van der Waals surface area contributed by atoms with E-state index in [1.807, 2.05) is 31.7 Å². The lowest BCUT2D eigenvalue weighted by atomic mass is 10.2. The normalized spacial score (nSPS) is 10.4. The molecule has 1 aromatic carbocycles. The zero-order valence-electron chi connectivity index (χ0n) is 12.9. The molecule has 0 fully saturated rings. The number of halogens is 1. The van der Waals surface area contributed by atoms with Crippen molar-refractivity contribution in [2.24, 2.45) is 0 Å². The summed E-state index contributed by atoms with van der Waals surface area (Å²) in [6, 6.07) is 5.37. The zero-order chi connectivity index (χ0) is 16.1. The quantitative estimate of drug-likeness (QED) is 0.916. The highest BCUT2D eigenvalue weighted by Crippen LogP contribution is 2.20. The molecule has 0 saturated carbocycles. The van der Waals surface area contributed by atoms with Crippen molar-refractivity contribution in [1.82, 2.24) is 9.97 Å². The van der Waals surface area contributed by atoms with Crippen LogP contribution in [-0.4, -0.2) is 29.0 Å². The molecule has 0 saturated heterocycles. The molecule has 2 rings (SSSR count). The fourth-order valence-electron chi connectivity index (χ4n) is 2.03. The molecule has 2 aromatic rings. The summed E-state index contributed by atoms with van der Waals surface area (Å²) in [5, 5.41) is 3.40. The fourth-order valence-corrected chi connectivity index (χ4v) is 2.20. The van der Waals surface area contributed by atoms with Gasteiger partial charge < -0.3 is 10.2 Å². The SMILES string of the molecule is CCN(CC)c1ncc(C(=O)Nc2cc(Cl)ccc2C)cn1. The average molecular weight is 319 g/mol. The fraction of sp³-hybridized carbons (Fsp3) is 0.312. The highest BCUT2D eigenvalue weighted by atomic mass is 35.5. The molecule has 0 aliphatic carbocycles. The van der Waals surface area contributed by atoms with Crippen molar-refractivity contribution in [1.29, 1.82) is 0 Å². The molecule has 22 heavy (non-hydrogen) atoms. The Labute approximate surface area is 135 Å². The van der Waals surface area contributed by atoms with E-state index < -0.39 is 0 Å².